The fourth-order valence-electron chi connectivity index (χ4n) is 4.90. The van der Waals surface area contributed by atoms with E-state index in [1.165, 1.54) is 4.90 Å². The number of thioether (sulfide) groups is 1. The number of nitrogens with one attached hydrogen (secondary N) is 1. The van der Waals surface area contributed by atoms with Gasteiger partial charge in [-0.1, -0.05) is 48.5 Å². The number of carbonyl (C=O) groups excluding carboxylic acids is 2. The minimum atomic E-state index is -1.05. The summed E-state index contributed by atoms with van der Waals surface area (Å²) in [5.41, 5.74) is 3.88. The molecular weight excluding hydrogens is 452 g/mol. The van der Waals surface area contributed by atoms with Gasteiger partial charge in [0.1, 0.15) is 13.2 Å². The molecule has 1 fully saturated rings. The molecule has 2 aromatic carbocycles. The van der Waals surface area contributed by atoms with Crippen molar-refractivity contribution in [2.24, 2.45) is 0 Å². The number of alkyl carbamates (subject to hydrolysis) is 1. The van der Waals surface area contributed by atoms with Gasteiger partial charge in [-0.25, -0.2) is 4.79 Å². The van der Waals surface area contributed by atoms with Crippen LogP contribution in [-0.4, -0.2) is 64.7 Å². The molecule has 0 bridgehead atoms. The Kier molecular flexibility index (Phi) is 7.46. The van der Waals surface area contributed by atoms with Gasteiger partial charge in [0, 0.05) is 12.5 Å². The number of hydrogen-bond acceptors (Lipinski definition) is 5. The molecule has 0 atom stereocenters. The number of rotatable bonds is 8. The van der Waals surface area contributed by atoms with Gasteiger partial charge in [0.25, 0.3) is 0 Å². The predicted octanol–water partition coefficient (Wildman–Crippen LogP) is 4.11. The van der Waals surface area contributed by atoms with Crippen LogP contribution in [0.2, 0.25) is 0 Å². The Bertz CT molecular complexity index is 1020. The van der Waals surface area contributed by atoms with E-state index in [2.05, 4.69) is 29.6 Å². The monoisotopic (exact) mass is 482 g/mol. The van der Waals surface area contributed by atoms with Gasteiger partial charge in [0.05, 0.1) is 12.0 Å². The van der Waals surface area contributed by atoms with Crippen molar-refractivity contribution in [2.45, 2.75) is 37.6 Å². The van der Waals surface area contributed by atoms with Crippen molar-refractivity contribution in [1.82, 2.24) is 10.2 Å². The third kappa shape index (κ3) is 5.22. The van der Waals surface area contributed by atoms with E-state index in [4.69, 9.17) is 9.84 Å². The molecule has 2 amide bonds. The average Bonchev–Trinajstić information content (AvgIpc) is 3.15. The smallest absolute Gasteiger partial charge is 0.407 e. The number of carboxylic acid groups (broad SMARTS) is 1. The first-order valence-electron chi connectivity index (χ1n) is 11.6. The van der Waals surface area contributed by atoms with Crippen molar-refractivity contribution in [1.29, 1.82) is 0 Å². The number of aliphatic carboxylic acids is 1. The van der Waals surface area contributed by atoms with Crippen LogP contribution in [0.3, 0.4) is 0 Å². The van der Waals surface area contributed by atoms with E-state index < -0.39 is 17.6 Å². The van der Waals surface area contributed by atoms with Crippen LogP contribution >= 0.6 is 11.8 Å². The van der Waals surface area contributed by atoms with Gasteiger partial charge in [0.15, 0.2) is 0 Å². The lowest BCUT2D eigenvalue weighted by atomic mass is 9.88. The Balaban J connectivity index is 1.44. The molecule has 2 aliphatic rings. The van der Waals surface area contributed by atoms with E-state index in [0.29, 0.717) is 19.4 Å². The summed E-state index contributed by atoms with van der Waals surface area (Å²) in [5, 5.41) is 12.1. The summed E-state index contributed by atoms with van der Waals surface area (Å²) in [6.07, 6.45) is 0.804. The second-order valence-electron chi connectivity index (χ2n) is 8.82. The molecule has 0 spiro atoms. The van der Waals surface area contributed by atoms with Crippen molar-refractivity contribution < 1.29 is 24.2 Å². The largest absolute Gasteiger partial charge is 0.480 e. The van der Waals surface area contributed by atoms with Crippen LogP contribution in [-0.2, 0) is 14.3 Å². The van der Waals surface area contributed by atoms with Gasteiger partial charge in [-0.15, -0.1) is 0 Å². The number of nitrogens with zero attached hydrogens (tertiary/aromatic N) is 1. The second-order valence-corrected chi connectivity index (χ2v) is 10.0. The van der Waals surface area contributed by atoms with Gasteiger partial charge in [-0.05, 0) is 53.5 Å². The Morgan fingerprint density at radius 1 is 1.06 bits per heavy atom. The molecule has 1 aliphatic heterocycles. The number of likely N-dealkylation sites (N-methyl/N-ethyl adjacent to an activating group) is 1. The maximum absolute atomic E-state index is 12.9. The summed E-state index contributed by atoms with van der Waals surface area (Å²) in [6.45, 7) is 1.92. The molecule has 34 heavy (non-hydrogen) atoms. The zero-order valence-electron chi connectivity index (χ0n) is 19.3. The molecule has 1 heterocycles. The molecule has 0 unspecified atom stereocenters. The average molecular weight is 483 g/mol. The van der Waals surface area contributed by atoms with Crippen molar-refractivity contribution in [2.75, 3.05) is 31.2 Å². The first-order valence-corrected chi connectivity index (χ1v) is 12.8. The summed E-state index contributed by atoms with van der Waals surface area (Å²) in [5.74, 6) is 0.289. The molecule has 1 aliphatic carbocycles. The van der Waals surface area contributed by atoms with Crippen LogP contribution in [0.5, 0.6) is 0 Å². The van der Waals surface area contributed by atoms with Gasteiger partial charge < -0.3 is 20.1 Å². The molecule has 180 valence electrons. The summed E-state index contributed by atoms with van der Waals surface area (Å²) >= 11 is 1.78. The molecule has 0 radical (unpaired) electrons. The summed E-state index contributed by atoms with van der Waals surface area (Å²) in [4.78, 5) is 38.2. The number of hydrogen-bond donors (Lipinski definition) is 2. The minimum Gasteiger partial charge on any atom is -0.480 e. The van der Waals surface area contributed by atoms with E-state index in [-0.39, 0.29) is 31.4 Å². The predicted molar refractivity (Wildman–Crippen MR) is 132 cm³/mol. The van der Waals surface area contributed by atoms with Gasteiger partial charge in [-0.3, -0.25) is 9.59 Å². The topological polar surface area (TPSA) is 95.9 Å². The number of amides is 2. The fraction of sp³-hybridized carbons (Fsp3) is 0.423. The van der Waals surface area contributed by atoms with Crippen LogP contribution in [0.25, 0.3) is 11.1 Å². The van der Waals surface area contributed by atoms with Crippen LogP contribution in [0.1, 0.15) is 43.2 Å². The fourth-order valence-corrected chi connectivity index (χ4v) is 6.17. The standard InChI is InChI=1S/C26H30N2O5S/c1-2-28(16-24(30)31)23(29)15-26(11-13-34-14-12-26)27-25(32)33-17-22-20-9-5-3-7-18(20)19-8-4-6-10-21(19)22/h3-10,22H,2,11-17H2,1H3,(H,27,32)(H,30,31). The normalized spacial score (nSPS) is 16.3. The third-order valence-corrected chi connectivity index (χ3v) is 7.70. The maximum Gasteiger partial charge on any atom is 0.407 e. The van der Waals surface area contributed by atoms with Crippen LogP contribution in [0.15, 0.2) is 48.5 Å². The summed E-state index contributed by atoms with van der Waals surface area (Å²) < 4.78 is 5.72. The highest BCUT2D eigenvalue weighted by molar-refractivity contribution is 7.99. The Hall–Kier alpha value is -3.00. The van der Waals surface area contributed by atoms with E-state index in [0.717, 1.165) is 33.8 Å². The molecule has 2 N–H and O–H groups in total. The third-order valence-electron chi connectivity index (χ3n) is 6.71. The number of benzene rings is 2. The van der Waals surface area contributed by atoms with Crippen molar-refractivity contribution in [3.05, 3.63) is 59.7 Å². The lowest BCUT2D eigenvalue weighted by molar-refractivity contribution is -0.145. The highest BCUT2D eigenvalue weighted by Gasteiger charge is 2.38. The Labute approximate surface area is 203 Å². The Morgan fingerprint density at radius 2 is 1.65 bits per heavy atom. The Morgan fingerprint density at radius 3 is 2.21 bits per heavy atom. The summed E-state index contributed by atoms with van der Waals surface area (Å²) in [6, 6.07) is 16.3. The first-order chi connectivity index (χ1) is 16.4. The zero-order chi connectivity index (χ0) is 24.1. The number of carbonyl (C=O) groups is 3. The van der Waals surface area contributed by atoms with Gasteiger partial charge in [-0.2, -0.15) is 11.8 Å². The quantitative estimate of drug-likeness (QED) is 0.588. The molecule has 8 heteroatoms. The SMILES string of the molecule is CCN(CC(=O)O)C(=O)CC1(NC(=O)OCC2c3ccccc3-c3ccccc32)CCSCC1. The first kappa shape index (κ1) is 24.1. The van der Waals surface area contributed by atoms with Crippen LogP contribution in [0, 0.1) is 0 Å². The number of ether oxygens (including phenoxy) is 1. The number of carboxylic acids is 1. The van der Waals surface area contributed by atoms with Gasteiger partial charge in [0.2, 0.25) is 5.91 Å². The molecule has 0 saturated carbocycles. The molecule has 7 nitrogen and oxygen atoms in total. The lowest BCUT2D eigenvalue weighted by Crippen LogP contribution is -2.54. The molecule has 2 aromatic rings. The molecular formula is C26H30N2O5S. The lowest BCUT2D eigenvalue weighted by Gasteiger charge is -2.38. The van der Waals surface area contributed by atoms with Crippen molar-refractivity contribution in [3.8, 4) is 11.1 Å². The van der Waals surface area contributed by atoms with Gasteiger partial charge >= 0.3 is 12.1 Å². The van der Waals surface area contributed by atoms with Crippen LogP contribution < -0.4 is 5.32 Å². The minimum absolute atomic E-state index is 0.0382. The van der Waals surface area contributed by atoms with Crippen LogP contribution in [0.4, 0.5) is 4.79 Å². The molecule has 1 saturated heterocycles. The highest BCUT2D eigenvalue weighted by atomic mass is 32.2. The van der Waals surface area contributed by atoms with E-state index in [9.17, 15) is 14.4 Å². The second kappa shape index (κ2) is 10.5. The van der Waals surface area contributed by atoms with E-state index >= 15 is 0 Å². The van der Waals surface area contributed by atoms with E-state index in [1.54, 1.807) is 18.7 Å². The number of fused-ring (bicyclic) bond motifs is 3. The maximum atomic E-state index is 12.9. The highest BCUT2D eigenvalue weighted by Crippen LogP contribution is 2.44. The molecule has 4 rings (SSSR count). The van der Waals surface area contributed by atoms with E-state index in [1.807, 2.05) is 24.3 Å². The molecule has 0 aromatic heterocycles. The zero-order valence-corrected chi connectivity index (χ0v) is 20.1. The summed E-state index contributed by atoms with van der Waals surface area (Å²) in [7, 11) is 0. The van der Waals surface area contributed by atoms with Crippen molar-refractivity contribution >= 4 is 29.7 Å². The van der Waals surface area contributed by atoms with Crippen molar-refractivity contribution in [3.63, 3.8) is 0 Å².